The van der Waals surface area contributed by atoms with Crippen LogP contribution in [0.1, 0.15) is 19.8 Å². The second-order valence-electron chi connectivity index (χ2n) is 4.91. The summed E-state index contributed by atoms with van der Waals surface area (Å²) in [6.07, 6.45) is 2.57. The van der Waals surface area contributed by atoms with Crippen molar-refractivity contribution in [2.45, 2.75) is 25.9 Å². The first kappa shape index (κ1) is 13.5. The van der Waals surface area contributed by atoms with Crippen molar-refractivity contribution in [1.29, 1.82) is 0 Å². The van der Waals surface area contributed by atoms with E-state index in [9.17, 15) is 0 Å². The van der Waals surface area contributed by atoms with Gasteiger partial charge in [0.25, 0.3) is 0 Å². The lowest BCUT2D eigenvalue weighted by atomic mass is 10.1. The molecule has 1 aromatic carbocycles. The predicted octanol–water partition coefficient (Wildman–Crippen LogP) is 3.21. The summed E-state index contributed by atoms with van der Waals surface area (Å²) >= 11 is 1.49. The molecule has 0 bridgehead atoms. The van der Waals surface area contributed by atoms with Crippen molar-refractivity contribution < 1.29 is 4.74 Å². The van der Waals surface area contributed by atoms with E-state index < -0.39 is 0 Å². The maximum Gasteiger partial charge on any atom is 0.205 e. The zero-order chi connectivity index (χ0) is 13.8. The average Bonchev–Trinajstić information content (AvgIpc) is 2.99. The van der Waals surface area contributed by atoms with Crippen LogP contribution in [0, 0.1) is 0 Å². The van der Waals surface area contributed by atoms with Crippen molar-refractivity contribution in [3.8, 4) is 11.4 Å². The first-order chi connectivity index (χ1) is 9.86. The van der Waals surface area contributed by atoms with Crippen LogP contribution in [-0.4, -0.2) is 35.2 Å². The van der Waals surface area contributed by atoms with E-state index in [2.05, 4.69) is 21.2 Å². The minimum absolute atomic E-state index is 0.415. The van der Waals surface area contributed by atoms with Crippen molar-refractivity contribution in [2.75, 3.05) is 24.6 Å². The molecule has 0 unspecified atom stereocenters. The Hall–Kier alpha value is -1.46. The molecule has 2 heterocycles. The quantitative estimate of drug-likeness (QED) is 0.866. The van der Waals surface area contributed by atoms with Gasteiger partial charge in [-0.15, -0.1) is 0 Å². The third kappa shape index (κ3) is 2.99. The zero-order valence-corrected chi connectivity index (χ0v) is 12.5. The first-order valence-corrected chi connectivity index (χ1v) is 7.90. The minimum Gasteiger partial charge on any atom is -0.378 e. The normalized spacial score (nSPS) is 16.6. The number of ether oxygens (including phenoxy) is 1. The molecule has 20 heavy (non-hydrogen) atoms. The molecule has 1 aliphatic heterocycles. The van der Waals surface area contributed by atoms with Crippen LogP contribution in [0.25, 0.3) is 11.4 Å². The molecule has 0 radical (unpaired) electrons. The monoisotopic (exact) mass is 289 g/mol. The van der Waals surface area contributed by atoms with Crippen LogP contribution in [0.2, 0.25) is 0 Å². The second-order valence-corrected chi connectivity index (χ2v) is 5.64. The molecule has 1 fully saturated rings. The highest BCUT2D eigenvalue weighted by atomic mass is 32.1. The van der Waals surface area contributed by atoms with Crippen LogP contribution in [0.15, 0.2) is 30.3 Å². The van der Waals surface area contributed by atoms with Crippen molar-refractivity contribution in [2.24, 2.45) is 0 Å². The molecule has 106 valence electrons. The summed E-state index contributed by atoms with van der Waals surface area (Å²) in [5, 5.41) is 1.03. The van der Waals surface area contributed by atoms with E-state index >= 15 is 0 Å². The smallest absolute Gasteiger partial charge is 0.205 e. The molecule has 0 spiro atoms. The number of aromatic nitrogens is 2. The highest BCUT2D eigenvalue weighted by Gasteiger charge is 2.22. The van der Waals surface area contributed by atoms with Gasteiger partial charge in [-0.05, 0) is 19.8 Å². The molecule has 1 aromatic heterocycles. The standard InChI is InChI=1S/C15H19N3OS/c1-2-19-13-8-10-18(11-9-13)15-16-14(17-20-15)12-6-4-3-5-7-12/h3-7,13H,2,8-11H2,1H3. The van der Waals surface area contributed by atoms with Crippen molar-refractivity contribution in [3.63, 3.8) is 0 Å². The molecular formula is C15H19N3OS. The molecule has 4 nitrogen and oxygen atoms in total. The lowest BCUT2D eigenvalue weighted by Crippen LogP contribution is -2.37. The lowest BCUT2D eigenvalue weighted by Gasteiger charge is -2.31. The van der Waals surface area contributed by atoms with Gasteiger partial charge < -0.3 is 9.64 Å². The maximum absolute atomic E-state index is 5.68. The first-order valence-electron chi connectivity index (χ1n) is 7.12. The molecule has 1 aliphatic rings. The number of hydrogen-bond acceptors (Lipinski definition) is 5. The number of rotatable bonds is 4. The Morgan fingerprint density at radius 1 is 1.25 bits per heavy atom. The summed E-state index contributed by atoms with van der Waals surface area (Å²) in [7, 11) is 0. The Kier molecular flexibility index (Phi) is 4.28. The number of piperidine rings is 1. The SMILES string of the molecule is CCOC1CCN(c2nc(-c3ccccc3)ns2)CC1. The van der Waals surface area contributed by atoms with Crippen molar-refractivity contribution in [1.82, 2.24) is 9.36 Å². The minimum atomic E-state index is 0.415. The highest BCUT2D eigenvalue weighted by molar-refractivity contribution is 7.09. The van der Waals surface area contributed by atoms with Gasteiger partial charge in [-0.3, -0.25) is 0 Å². The van der Waals surface area contributed by atoms with Crippen molar-refractivity contribution in [3.05, 3.63) is 30.3 Å². The van der Waals surface area contributed by atoms with E-state index in [1.807, 2.05) is 30.3 Å². The van der Waals surface area contributed by atoms with Crippen LogP contribution in [-0.2, 0) is 4.74 Å². The van der Waals surface area contributed by atoms with Crippen LogP contribution >= 0.6 is 11.5 Å². The van der Waals surface area contributed by atoms with Gasteiger partial charge >= 0.3 is 0 Å². The molecular weight excluding hydrogens is 270 g/mol. The van der Waals surface area contributed by atoms with E-state index in [0.717, 1.165) is 49.1 Å². The third-order valence-electron chi connectivity index (χ3n) is 3.56. The Bertz CT molecular complexity index is 535. The van der Waals surface area contributed by atoms with Gasteiger partial charge in [0.2, 0.25) is 5.13 Å². The van der Waals surface area contributed by atoms with E-state index in [1.165, 1.54) is 11.5 Å². The summed E-state index contributed by atoms with van der Waals surface area (Å²) < 4.78 is 10.2. The summed E-state index contributed by atoms with van der Waals surface area (Å²) in [4.78, 5) is 6.99. The van der Waals surface area contributed by atoms with E-state index in [1.54, 1.807) is 0 Å². The summed E-state index contributed by atoms with van der Waals surface area (Å²) in [5.74, 6) is 0.831. The molecule has 0 atom stereocenters. The Balaban J connectivity index is 1.66. The molecule has 1 saturated heterocycles. The van der Waals surface area contributed by atoms with Gasteiger partial charge in [-0.25, -0.2) is 0 Å². The van der Waals surface area contributed by atoms with Crippen molar-refractivity contribution >= 4 is 16.7 Å². The van der Waals surface area contributed by atoms with Crippen LogP contribution in [0.4, 0.5) is 5.13 Å². The van der Waals surface area contributed by atoms with E-state index in [4.69, 9.17) is 4.74 Å². The fraction of sp³-hybridized carbons (Fsp3) is 0.467. The fourth-order valence-electron chi connectivity index (χ4n) is 2.50. The van der Waals surface area contributed by atoms with Crippen LogP contribution in [0.3, 0.4) is 0 Å². The highest BCUT2D eigenvalue weighted by Crippen LogP contribution is 2.26. The van der Waals surface area contributed by atoms with Gasteiger partial charge in [0, 0.05) is 36.8 Å². The Morgan fingerprint density at radius 3 is 2.70 bits per heavy atom. The van der Waals surface area contributed by atoms with Crippen LogP contribution < -0.4 is 4.90 Å². The van der Waals surface area contributed by atoms with E-state index in [0.29, 0.717) is 6.10 Å². The maximum atomic E-state index is 5.68. The lowest BCUT2D eigenvalue weighted by molar-refractivity contribution is 0.0459. The molecule has 0 N–H and O–H groups in total. The van der Waals surface area contributed by atoms with Gasteiger partial charge in [0.1, 0.15) is 0 Å². The van der Waals surface area contributed by atoms with Gasteiger partial charge in [0.05, 0.1) is 6.10 Å². The summed E-state index contributed by atoms with van der Waals surface area (Å²) in [5.41, 5.74) is 1.08. The summed E-state index contributed by atoms with van der Waals surface area (Å²) in [6.45, 7) is 4.88. The largest absolute Gasteiger partial charge is 0.378 e. The number of benzene rings is 1. The molecule has 5 heteroatoms. The molecule has 3 rings (SSSR count). The fourth-order valence-corrected chi connectivity index (χ4v) is 3.24. The molecule has 2 aromatic rings. The summed E-state index contributed by atoms with van der Waals surface area (Å²) in [6, 6.07) is 10.1. The Labute approximate surface area is 123 Å². The molecule has 0 saturated carbocycles. The van der Waals surface area contributed by atoms with Gasteiger partial charge in [0.15, 0.2) is 5.82 Å². The van der Waals surface area contributed by atoms with Gasteiger partial charge in [-0.2, -0.15) is 9.36 Å². The van der Waals surface area contributed by atoms with Crippen LogP contribution in [0.5, 0.6) is 0 Å². The average molecular weight is 289 g/mol. The Morgan fingerprint density at radius 2 is 2.00 bits per heavy atom. The van der Waals surface area contributed by atoms with Gasteiger partial charge in [-0.1, -0.05) is 30.3 Å². The number of hydrogen-bond donors (Lipinski definition) is 0. The molecule has 0 aliphatic carbocycles. The number of anilines is 1. The van der Waals surface area contributed by atoms with E-state index in [-0.39, 0.29) is 0 Å². The molecule has 0 amide bonds. The predicted molar refractivity (Wildman–Crippen MR) is 82.2 cm³/mol. The second kappa shape index (κ2) is 6.33. The number of nitrogens with zero attached hydrogens (tertiary/aromatic N) is 3. The topological polar surface area (TPSA) is 38.2 Å². The zero-order valence-electron chi connectivity index (χ0n) is 11.7. The third-order valence-corrected chi connectivity index (χ3v) is 4.34.